The first-order chi connectivity index (χ1) is 9.08. The molecule has 1 aromatic carbocycles. The molecule has 2 heteroatoms. The first-order valence-electron chi connectivity index (χ1n) is 7.56. The van der Waals surface area contributed by atoms with Crippen LogP contribution in [0.5, 0.6) is 0 Å². The molecule has 0 aromatic heterocycles. The standard InChI is InChI=1S/C17H28N2/c1-13-5-6-17(14(2)11-13)15(3)19(4)12-16-7-9-18-10-8-16/h5-6,11,15-16,18H,7-10,12H2,1-4H3. The van der Waals surface area contributed by atoms with Gasteiger partial charge in [-0.15, -0.1) is 0 Å². The van der Waals surface area contributed by atoms with Gasteiger partial charge in [-0.05, 0) is 70.8 Å². The van der Waals surface area contributed by atoms with Gasteiger partial charge < -0.3 is 5.32 Å². The summed E-state index contributed by atoms with van der Waals surface area (Å²) in [5.74, 6) is 0.861. The Bertz CT molecular complexity index is 408. The number of hydrogen-bond donors (Lipinski definition) is 1. The van der Waals surface area contributed by atoms with Crippen molar-refractivity contribution in [1.29, 1.82) is 0 Å². The molecule has 0 saturated carbocycles. The third kappa shape index (κ3) is 3.80. The van der Waals surface area contributed by atoms with Crippen molar-refractivity contribution in [3.8, 4) is 0 Å². The average Bonchev–Trinajstić information content (AvgIpc) is 2.39. The van der Waals surface area contributed by atoms with E-state index in [2.05, 4.69) is 56.2 Å². The van der Waals surface area contributed by atoms with Crippen LogP contribution in [0.15, 0.2) is 18.2 Å². The molecule has 0 radical (unpaired) electrons. The van der Waals surface area contributed by atoms with E-state index in [4.69, 9.17) is 0 Å². The molecule has 1 aromatic rings. The number of hydrogen-bond acceptors (Lipinski definition) is 2. The molecule has 1 fully saturated rings. The third-order valence-electron chi connectivity index (χ3n) is 4.54. The van der Waals surface area contributed by atoms with Crippen LogP contribution in [0.4, 0.5) is 0 Å². The maximum absolute atomic E-state index is 3.45. The zero-order valence-electron chi connectivity index (χ0n) is 12.9. The lowest BCUT2D eigenvalue weighted by atomic mass is 9.95. The molecule has 1 unspecified atom stereocenters. The number of nitrogens with one attached hydrogen (secondary N) is 1. The molecule has 2 rings (SSSR count). The van der Waals surface area contributed by atoms with Crippen LogP contribution >= 0.6 is 0 Å². The van der Waals surface area contributed by atoms with Gasteiger partial charge >= 0.3 is 0 Å². The summed E-state index contributed by atoms with van der Waals surface area (Å²) in [6.45, 7) is 10.3. The van der Waals surface area contributed by atoms with Gasteiger partial charge in [0.2, 0.25) is 0 Å². The monoisotopic (exact) mass is 260 g/mol. The highest BCUT2D eigenvalue weighted by atomic mass is 15.1. The quantitative estimate of drug-likeness (QED) is 0.893. The molecule has 1 heterocycles. The van der Waals surface area contributed by atoms with E-state index in [-0.39, 0.29) is 0 Å². The average molecular weight is 260 g/mol. The SMILES string of the molecule is Cc1ccc(C(C)N(C)CC2CCNCC2)c(C)c1. The van der Waals surface area contributed by atoms with Gasteiger partial charge in [-0.3, -0.25) is 4.90 Å². The largest absolute Gasteiger partial charge is 0.317 e. The summed E-state index contributed by atoms with van der Waals surface area (Å²) in [6, 6.07) is 7.34. The van der Waals surface area contributed by atoms with E-state index >= 15 is 0 Å². The summed E-state index contributed by atoms with van der Waals surface area (Å²) in [5, 5.41) is 3.45. The van der Waals surface area contributed by atoms with Crippen LogP contribution in [0.2, 0.25) is 0 Å². The summed E-state index contributed by atoms with van der Waals surface area (Å²) in [6.07, 6.45) is 2.65. The molecule has 1 aliphatic heterocycles. The van der Waals surface area contributed by atoms with Gasteiger partial charge in [0, 0.05) is 12.6 Å². The Balaban J connectivity index is 1.99. The lowest BCUT2D eigenvalue weighted by molar-refractivity contribution is 0.196. The number of rotatable bonds is 4. The Labute approximate surface area is 118 Å². The summed E-state index contributed by atoms with van der Waals surface area (Å²) < 4.78 is 0. The van der Waals surface area contributed by atoms with Gasteiger partial charge in [-0.2, -0.15) is 0 Å². The van der Waals surface area contributed by atoms with E-state index < -0.39 is 0 Å². The second-order valence-electron chi connectivity index (χ2n) is 6.17. The number of nitrogens with zero attached hydrogens (tertiary/aromatic N) is 1. The van der Waals surface area contributed by atoms with Crippen molar-refractivity contribution < 1.29 is 0 Å². The summed E-state index contributed by atoms with van der Waals surface area (Å²) >= 11 is 0. The van der Waals surface area contributed by atoms with Crippen LogP contribution < -0.4 is 5.32 Å². The van der Waals surface area contributed by atoms with Crippen molar-refractivity contribution in [1.82, 2.24) is 10.2 Å². The summed E-state index contributed by atoms with van der Waals surface area (Å²) in [5.41, 5.74) is 4.25. The fourth-order valence-corrected chi connectivity index (χ4v) is 3.16. The van der Waals surface area contributed by atoms with Gasteiger partial charge in [0.1, 0.15) is 0 Å². The van der Waals surface area contributed by atoms with Crippen molar-refractivity contribution in [3.05, 3.63) is 34.9 Å². The molecule has 1 saturated heterocycles. The molecular formula is C17H28N2. The van der Waals surface area contributed by atoms with E-state index in [1.165, 1.54) is 49.2 Å². The lowest BCUT2D eigenvalue weighted by Crippen LogP contribution is -2.35. The highest BCUT2D eigenvalue weighted by Gasteiger charge is 2.19. The van der Waals surface area contributed by atoms with E-state index in [0.29, 0.717) is 6.04 Å². The highest BCUT2D eigenvalue weighted by molar-refractivity contribution is 5.32. The summed E-state index contributed by atoms with van der Waals surface area (Å²) in [4.78, 5) is 2.52. The van der Waals surface area contributed by atoms with E-state index in [1.807, 2.05) is 0 Å². The molecule has 1 aliphatic rings. The maximum Gasteiger partial charge on any atom is 0.0319 e. The zero-order chi connectivity index (χ0) is 13.8. The van der Waals surface area contributed by atoms with Crippen LogP contribution in [0.3, 0.4) is 0 Å². The molecule has 106 valence electrons. The van der Waals surface area contributed by atoms with Gasteiger partial charge in [-0.25, -0.2) is 0 Å². The van der Waals surface area contributed by atoms with Gasteiger partial charge in [0.25, 0.3) is 0 Å². The van der Waals surface area contributed by atoms with Gasteiger partial charge in [0.05, 0.1) is 0 Å². The van der Waals surface area contributed by atoms with Crippen molar-refractivity contribution in [2.45, 2.75) is 39.7 Å². The highest BCUT2D eigenvalue weighted by Crippen LogP contribution is 2.25. The molecule has 1 N–H and O–H groups in total. The predicted octanol–water partition coefficient (Wildman–Crippen LogP) is 3.30. The first-order valence-corrected chi connectivity index (χ1v) is 7.56. The van der Waals surface area contributed by atoms with E-state index in [1.54, 1.807) is 0 Å². The second kappa shape index (κ2) is 6.53. The van der Waals surface area contributed by atoms with E-state index in [9.17, 15) is 0 Å². The van der Waals surface area contributed by atoms with Gasteiger partial charge in [-0.1, -0.05) is 23.8 Å². The van der Waals surface area contributed by atoms with Crippen LogP contribution in [-0.4, -0.2) is 31.6 Å². The Morgan fingerprint density at radius 2 is 1.95 bits per heavy atom. The van der Waals surface area contributed by atoms with Crippen LogP contribution in [-0.2, 0) is 0 Å². The minimum absolute atomic E-state index is 0.510. The normalized spacial score (nSPS) is 18.8. The molecule has 0 amide bonds. The Kier molecular flexibility index (Phi) is 5.00. The van der Waals surface area contributed by atoms with Crippen molar-refractivity contribution in [2.75, 3.05) is 26.7 Å². The zero-order valence-corrected chi connectivity index (χ0v) is 12.9. The van der Waals surface area contributed by atoms with Crippen molar-refractivity contribution in [3.63, 3.8) is 0 Å². The van der Waals surface area contributed by atoms with Crippen molar-refractivity contribution in [2.24, 2.45) is 5.92 Å². The predicted molar refractivity (Wildman–Crippen MR) is 82.6 cm³/mol. The van der Waals surface area contributed by atoms with Crippen LogP contribution in [0.1, 0.15) is 42.5 Å². The lowest BCUT2D eigenvalue weighted by Gasteiger charge is -2.32. The number of piperidine rings is 1. The molecular weight excluding hydrogens is 232 g/mol. The molecule has 2 nitrogen and oxygen atoms in total. The molecule has 0 spiro atoms. The van der Waals surface area contributed by atoms with Crippen molar-refractivity contribution >= 4 is 0 Å². The van der Waals surface area contributed by atoms with E-state index in [0.717, 1.165) is 5.92 Å². The molecule has 19 heavy (non-hydrogen) atoms. The topological polar surface area (TPSA) is 15.3 Å². The Morgan fingerprint density at radius 1 is 1.26 bits per heavy atom. The molecule has 0 aliphatic carbocycles. The Hall–Kier alpha value is -0.860. The van der Waals surface area contributed by atoms with Crippen LogP contribution in [0.25, 0.3) is 0 Å². The molecule has 1 atom stereocenters. The minimum atomic E-state index is 0.510. The maximum atomic E-state index is 3.45. The minimum Gasteiger partial charge on any atom is -0.317 e. The Morgan fingerprint density at radius 3 is 2.58 bits per heavy atom. The number of aryl methyl sites for hydroxylation is 2. The third-order valence-corrected chi connectivity index (χ3v) is 4.54. The first kappa shape index (κ1) is 14.5. The van der Waals surface area contributed by atoms with Gasteiger partial charge in [0.15, 0.2) is 0 Å². The molecule has 0 bridgehead atoms. The number of benzene rings is 1. The van der Waals surface area contributed by atoms with Crippen LogP contribution in [0, 0.1) is 19.8 Å². The second-order valence-corrected chi connectivity index (χ2v) is 6.17. The smallest absolute Gasteiger partial charge is 0.0319 e. The summed E-state index contributed by atoms with van der Waals surface area (Å²) in [7, 11) is 2.27. The fraction of sp³-hybridized carbons (Fsp3) is 0.647. The fourth-order valence-electron chi connectivity index (χ4n) is 3.16.